The van der Waals surface area contributed by atoms with E-state index in [1.807, 2.05) is 24.3 Å². The predicted molar refractivity (Wildman–Crippen MR) is 105 cm³/mol. The molecule has 0 saturated carbocycles. The molecule has 0 radical (unpaired) electrons. The summed E-state index contributed by atoms with van der Waals surface area (Å²) in [5, 5.41) is 2.85. The smallest absolute Gasteiger partial charge is 0.257 e. The monoisotopic (exact) mass is 395 g/mol. The van der Waals surface area contributed by atoms with Gasteiger partial charge in [-0.05, 0) is 30.8 Å². The third-order valence-electron chi connectivity index (χ3n) is 4.57. The summed E-state index contributed by atoms with van der Waals surface area (Å²) in [7, 11) is 0. The number of carbonyl (C=O) groups is 1. The van der Waals surface area contributed by atoms with Gasteiger partial charge in [0, 0.05) is 26.2 Å². The van der Waals surface area contributed by atoms with Gasteiger partial charge in [-0.1, -0.05) is 42.3 Å². The molecule has 1 aliphatic rings. The summed E-state index contributed by atoms with van der Waals surface area (Å²) < 4.78 is 13.7. The molecule has 0 atom stereocenters. The average molecular weight is 396 g/mol. The second-order valence-electron chi connectivity index (χ2n) is 6.14. The lowest BCUT2D eigenvalue weighted by molar-refractivity contribution is 0.102. The minimum absolute atomic E-state index is 0.0548. The van der Waals surface area contributed by atoms with Crippen LogP contribution in [0.1, 0.15) is 17.3 Å². The summed E-state index contributed by atoms with van der Waals surface area (Å²) in [6.07, 6.45) is 0. The maximum absolute atomic E-state index is 13.7. The van der Waals surface area contributed by atoms with E-state index in [-0.39, 0.29) is 15.6 Å². The highest BCUT2D eigenvalue weighted by molar-refractivity contribution is 6.37. The number of likely N-dealkylation sites (N-methyl/N-ethyl adjacent to an activating group) is 1. The van der Waals surface area contributed by atoms with Crippen LogP contribution in [-0.4, -0.2) is 43.5 Å². The second-order valence-corrected chi connectivity index (χ2v) is 6.95. The summed E-state index contributed by atoms with van der Waals surface area (Å²) in [5.74, 6) is -1.14. The maximum Gasteiger partial charge on any atom is 0.257 e. The first-order valence-electron chi connectivity index (χ1n) is 8.51. The molecule has 7 heteroatoms. The zero-order chi connectivity index (χ0) is 18.7. The highest BCUT2D eigenvalue weighted by Gasteiger charge is 2.20. The fourth-order valence-electron chi connectivity index (χ4n) is 3.05. The maximum atomic E-state index is 13.7. The Hall–Kier alpha value is -1.82. The Labute approximate surface area is 162 Å². The first-order chi connectivity index (χ1) is 12.5. The van der Waals surface area contributed by atoms with Gasteiger partial charge in [0.05, 0.1) is 27.0 Å². The van der Waals surface area contributed by atoms with E-state index in [1.54, 1.807) is 0 Å². The minimum Gasteiger partial charge on any atom is -0.367 e. The van der Waals surface area contributed by atoms with E-state index in [4.69, 9.17) is 23.2 Å². The van der Waals surface area contributed by atoms with Crippen LogP contribution in [0.2, 0.25) is 10.0 Å². The van der Waals surface area contributed by atoms with E-state index in [0.29, 0.717) is 5.69 Å². The SMILES string of the molecule is CCN1CCN(c2ccccc2NC(=O)c2cc(F)c(Cl)cc2Cl)CC1. The molecule has 3 rings (SSSR count). The van der Waals surface area contributed by atoms with Crippen LogP contribution < -0.4 is 10.2 Å². The van der Waals surface area contributed by atoms with Crippen LogP contribution in [0.4, 0.5) is 15.8 Å². The Morgan fingerprint density at radius 1 is 1.12 bits per heavy atom. The van der Waals surface area contributed by atoms with Crippen molar-refractivity contribution in [2.45, 2.75) is 6.92 Å². The quantitative estimate of drug-likeness (QED) is 0.772. The molecule has 1 amide bonds. The predicted octanol–water partition coefficient (Wildman–Crippen LogP) is 4.53. The van der Waals surface area contributed by atoms with Crippen molar-refractivity contribution >= 4 is 40.5 Å². The topological polar surface area (TPSA) is 35.6 Å². The van der Waals surface area contributed by atoms with Gasteiger partial charge in [-0.3, -0.25) is 4.79 Å². The number of para-hydroxylation sites is 2. The number of hydrogen-bond donors (Lipinski definition) is 1. The van der Waals surface area contributed by atoms with E-state index in [0.717, 1.165) is 44.5 Å². The van der Waals surface area contributed by atoms with Gasteiger partial charge in [0.15, 0.2) is 0 Å². The number of amides is 1. The zero-order valence-electron chi connectivity index (χ0n) is 14.4. The summed E-state index contributed by atoms with van der Waals surface area (Å²) in [6.45, 7) is 6.92. The van der Waals surface area contributed by atoms with E-state index < -0.39 is 11.7 Å². The Kier molecular flexibility index (Phi) is 6.01. The van der Waals surface area contributed by atoms with Crippen molar-refractivity contribution in [3.8, 4) is 0 Å². The van der Waals surface area contributed by atoms with Crippen LogP contribution in [-0.2, 0) is 0 Å². The fraction of sp³-hybridized carbons (Fsp3) is 0.316. The minimum atomic E-state index is -0.676. The van der Waals surface area contributed by atoms with Crippen LogP contribution in [0.25, 0.3) is 0 Å². The highest BCUT2D eigenvalue weighted by Crippen LogP contribution is 2.29. The van der Waals surface area contributed by atoms with E-state index in [9.17, 15) is 9.18 Å². The van der Waals surface area contributed by atoms with Crippen LogP contribution in [0, 0.1) is 5.82 Å². The molecule has 0 aliphatic carbocycles. The number of carbonyl (C=O) groups excluding carboxylic acids is 1. The van der Waals surface area contributed by atoms with E-state index in [2.05, 4.69) is 22.0 Å². The van der Waals surface area contributed by atoms with Gasteiger partial charge in [-0.25, -0.2) is 4.39 Å². The molecule has 1 heterocycles. The van der Waals surface area contributed by atoms with Gasteiger partial charge in [-0.15, -0.1) is 0 Å². The van der Waals surface area contributed by atoms with Crippen molar-refractivity contribution in [3.63, 3.8) is 0 Å². The molecule has 0 bridgehead atoms. The van der Waals surface area contributed by atoms with Crippen LogP contribution >= 0.6 is 23.2 Å². The third-order valence-corrected chi connectivity index (χ3v) is 5.17. The van der Waals surface area contributed by atoms with Gasteiger partial charge >= 0.3 is 0 Å². The number of rotatable bonds is 4. The van der Waals surface area contributed by atoms with Crippen molar-refractivity contribution in [2.24, 2.45) is 0 Å². The van der Waals surface area contributed by atoms with Crippen molar-refractivity contribution in [1.82, 2.24) is 4.90 Å². The van der Waals surface area contributed by atoms with Crippen LogP contribution in [0.15, 0.2) is 36.4 Å². The standard InChI is InChI=1S/C19H20Cl2FN3O/c1-2-24-7-9-25(10-8-24)18-6-4-3-5-17(18)23-19(26)13-11-16(22)15(21)12-14(13)20/h3-6,11-12H,2,7-10H2,1H3,(H,23,26). The zero-order valence-corrected chi connectivity index (χ0v) is 15.9. The lowest BCUT2D eigenvalue weighted by atomic mass is 10.1. The largest absolute Gasteiger partial charge is 0.367 e. The number of nitrogens with one attached hydrogen (secondary N) is 1. The van der Waals surface area contributed by atoms with Gasteiger partial charge in [0.1, 0.15) is 5.82 Å². The summed E-state index contributed by atoms with van der Waals surface area (Å²) in [5.41, 5.74) is 1.68. The summed E-state index contributed by atoms with van der Waals surface area (Å²) >= 11 is 11.8. The molecule has 2 aromatic carbocycles. The third kappa shape index (κ3) is 4.11. The summed E-state index contributed by atoms with van der Waals surface area (Å²) in [4.78, 5) is 17.2. The normalized spacial score (nSPS) is 15.2. The fourth-order valence-corrected chi connectivity index (χ4v) is 3.52. The van der Waals surface area contributed by atoms with Gasteiger partial charge in [0.25, 0.3) is 5.91 Å². The van der Waals surface area contributed by atoms with Crippen molar-refractivity contribution in [2.75, 3.05) is 42.9 Å². The molecule has 0 spiro atoms. The van der Waals surface area contributed by atoms with Crippen molar-refractivity contribution in [1.29, 1.82) is 0 Å². The van der Waals surface area contributed by atoms with Crippen molar-refractivity contribution < 1.29 is 9.18 Å². The molecule has 4 nitrogen and oxygen atoms in total. The molecular formula is C19H20Cl2FN3O. The van der Waals surface area contributed by atoms with Crippen molar-refractivity contribution in [3.05, 3.63) is 57.8 Å². The van der Waals surface area contributed by atoms with E-state index in [1.165, 1.54) is 6.07 Å². The lowest BCUT2D eigenvalue weighted by Gasteiger charge is -2.36. The molecule has 0 aromatic heterocycles. The highest BCUT2D eigenvalue weighted by atomic mass is 35.5. The van der Waals surface area contributed by atoms with Crippen LogP contribution in [0.3, 0.4) is 0 Å². The molecule has 2 aromatic rings. The molecule has 1 fully saturated rings. The Balaban J connectivity index is 1.81. The molecule has 1 saturated heterocycles. The van der Waals surface area contributed by atoms with Gasteiger partial charge in [0.2, 0.25) is 0 Å². The lowest BCUT2D eigenvalue weighted by Crippen LogP contribution is -2.46. The Bertz CT molecular complexity index is 807. The number of anilines is 2. The number of benzene rings is 2. The molecule has 1 N–H and O–H groups in total. The molecule has 138 valence electrons. The Morgan fingerprint density at radius 3 is 2.50 bits per heavy atom. The van der Waals surface area contributed by atoms with E-state index >= 15 is 0 Å². The van der Waals surface area contributed by atoms with Crippen LogP contribution in [0.5, 0.6) is 0 Å². The molecule has 0 unspecified atom stereocenters. The molecular weight excluding hydrogens is 376 g/mol. The number of hydrogen-bond acceptors (Lipinski definition) is 3. The molecule has 26 heavy (non-hydrogen) atoms. The molecule has 1 aliphatic heterocycles. The van der Waals surface area contributed by atoms with Gasteiger partial charge < -0.3 is 15.1 Å². The second kappa shape index (κ2) is 8.25. The number of halogens is 3. The first-order valence-corrected chi connectivity index (χ1v) is 9.27. The number of piperazine rings is 1. The summed E-state index contributed by atoms with van der Waals surface area (Å²) in [6, 6.07) is 9.89. The Morgan fingerprint density at radius 2 is 1.81 bits per heavy atom. The number of nitrogens with zero attached hydrogens (tertiary/aromatic N) is 2. The average Bonchev–Trinajstić information content (AvgIpc) is 2.65. The first kappa shape index (κ1) is 19.0. The van der Waals surface area contributed by atoms with Gasteiger partial charge in [-0.2, -0.15) is 0 Å².